The maximum absolute atomic E-state index is 5.31. The number of hydrogen-bond acceptors (Lipinski definition) is 3. The monoisotopic (exact) mass is 303 g/mol. The van der Waals surface area contributed by atoms with Crippen LogP contribution in [0.5, 0.6) is 5.75 Å². The van der Waals surface area contributed by atoms with E-state index in [0.29, 0.717) is 6.04 Å². The third-order valence-corrected chi connectivity index (χ3v) is 4.64. The SMILES string of the molecule is CCCNC(CCCc1ccccc1)c1cc(OC)cs1. The van der Waals surface area contributed by atoms with Gasteiger partial charge in [0.05, 0.1) is 7.11 Å². The van der Waals surface area contributed by atoms with Crippen molar-refractivity contribution in [3.8, 4) is 5.75 Å². The number of rotatable bonds is 9. The zero-order chi connectivity index (χ0) is 14.9. The van der Waals surface area contributed by atoms with Gasteiger partial charge in [-0.15, -0.1) is 11.3 Å². The lowest BCUT2D eigenvalue weighted by Gasteiger charge is -2.17. The summed E-state index contributed by atoms with van der Waals surface area (Å²) in [6.45, 7) is 3.28. The second-order valence-electron chi connectivity index (χ2n) is 5.27. The molecule has 0 saturated heterocycles. The molecule has 21 heavy (non-hydrogen) atoms. The molecule has 0 aliphatic carbocycles. The van der Waals surface area contributed by atoms with Crippen molar-refractivity contribution in [3.05, 3.63) is 52.2 Å². The molecule has 1 aromatic heterocycles. The van der Waals surface area contributed by atoms with Gasteiger partial charge in [0.1, 0.15) is 5.75 Å². The molecule has 1 N–H and O–H groups in total. The summed E-state index contributed by atoms with van der Waals surface area (Å²) in [5.41, 5.74) is 1.43. The average molecular weight is 303 g/mol. The van der Waals surface area contributed by atoms with Crippen LogP contribution >= 0.6 is 11.3 Å². The Morgan fingerprint density at radius 1 is 1.24 bits per heavy atom. The average Bonchev–Trinajstić information content (AvgIpc) is 3.00. The first-order chi connectivity index (χ1) is 10.3. The van der Waals surface area contributed by atoms with Gasteiger partial charge in [-0.3, -0.25) is 0 Å². The van der Waals surface area contributed by atoms with E-state index in [4.69, 9.17) is 4.74 Å². The van der Waals surface area contributed by atoms with Gasteiger partial charge in [-0.05, 0) is 43.9 Å². The van der Waals surface area contributed by atoms with Crippen LogP contribution in [0.2, 0.25) is 0 Å². The lowest BCUT2D eigenvalue weighted by molar-refractivity contribution is 0.415. The molecule has 3 heteroatoms. The zero-order valence-electron chi connectivity index (χ0n) is 13.0. The number of aryl methyl sites for hydroxylation is 1. The van der Waals surface area contributed by atoms with E-state index >= 15 is 0 Å². The molecular weight excluding hydrogens is 278 g/mol. The summed E-state index contributed by atoms with van der Waals surface area (Å²) in [5, 5.41) is 5.75. The van der Waals surface area contributed by atoms with Crippen molar-refractivity contribution in [2.24, 2.45) is 0 Å². The number of thiophene rings is 1. The molecule has 2 rings (SSSR count). The predicted molar refractivity (Wildman–Crippen MR) is 91.3 cm³/mol. The Balaban J connectivity index is 1.90. The molecule has 1 atom stereocenters. The summed E-state index contributed by atoms with van der Waals surface area (Å²) in [5.74, 6) is 0.973. The quantitative estimate of drug-likeness (QED) is 0.717. The predicted octanol–water partition coefficient (Wildman–Crippen LogP) is 4.82. The van der Waals surface area contributed by atoms with Gasteiger partial charge in [0, 0.05) is 16.3 Å². The maximum atomic E-state index is 5.31. The highest BCUT2D eigenvalue weighted by molar-refractivity contribution is 7.10. The molecule has 0 aliphatic rings. The Morgan fingerprint density at radius 2 is 2.05 bits per heavy atom. The molecule has 0 fully saturated rings. The van der Waals surface area contributed by atoms with Gasteiger partial charge in [-0.25, -0.2) is 0 Å². The minimum Gasteiger partial charge on any atom is -0.496 e. The third-order valence-electron chi connectivity index (χ3n) is 3.62. The van der Waals surface area contributed by atoms with Crippen LogP contribution in [0.15, 0.2) is 41.8 Å². The van der Waals surface area contributed by atoms with E-state index in [1.165, 1.54) is 23.3 Å². The molecule has 1 heterocycles. The molecule has 2 nitrogen and oxygen atoms in total. The molecule has 0 saturated carbocycles. The van der Waals surface area contributed by atoms with E-state index < -0.39 is 0 Å². The highest BCUT2D eigenvalue weighted by atomic mass is 32.1. The molecule has 2 aromatic rings. The molecule has 0 radical (unpaired) electrons. The fourth-order valence-electron chi connectivity index (χ4n) is 2.44. The van der Waals surface area contributed by atoms with Crippen molar-refractivity contribution in [2.75, 3.05) is 13.7 Å². The number of hydrogen-bond donors (Lipinski definition) is 1. The fraction of sp³-hybridized carbons (Fsp3) is 0.444. The molecule has 1 aromatic carbocycles. The van der Waals surface area contributed by atoms with Crippen molar-refractivity contribution >= 4 is 11.3 Å². The molecule has 0 bridgehead atoms. The van der Waals surface area contributed by atoms with Crippen LogP contribution in [0, 0.1) is 0 Å². The molecule has 114 valence electrons. The maximum Gasteiger partial charge on any atom is 0.129 e. The highest BCUT2D eigenvalue weighted by Gasteiger charge is 2.13. The topological polar surface area (TPSA) is 21.3 Å². The number of benzene rings is 1. The van der Waals surface area contributed by atoms with Crippen LogP contribution < -0.4 is 10.1 Å². The van der Waals surface area contributed by atoms with E-state index in [2.05, 4.69) is 54.0 Å². The molecule has 1 unspecified atom stereocenters. The highest BCUT2D eigenvalue weighted by Crippen LogP contribution is 2.29. The van der Waals surface area contributed by atoms with Crippen LogP contribution in [0.4, 0.5) is 0 Å². The van der Waals surface area contributed by atoms with Gasteiger partial charge >= 0.3 is 0 Å². The second-order valence-corrected chi connectivity index (χ2v) is 6.22. The lowest BCUT2D eigenvalue weighted by atomic mass is 10.0. The molecular formula is C18H25NOS. The second kappa shape index (κ2) is 8.85. The van der Waals surface area contributed by atoms with E-state index in [1.807, 2.05) is 0 Å². The number of methoxy groups -OCH3 is 1. The first-order valence-corrected chi connectivity index (χ1v) is 8.61. The van der Waals surface area contributed by atoms with Crippen molar-refractivity contribution in [1.82, 2.24) is 5.32 Å². The smallest absolute Gasteiger partial charge is 0.129 e. The lowest BCUT2D eigenvalue weighted by Crippen LogP contribution is -2.21. The zero-order valence-corrected chi connectivity index (χ0v) is 13.8. The van der Waals surface area contributed by atoms with Crippen molar-refractivity contribution < 1.29 is 4.74 Å². The minimum absolute atomic E-state index is 0.447. The standard InChI is InChI=1S/C18H25NOS/c1-3-12-19-17(18-13-16(20-2)14-21-18)11-7-10-15-8-5-4-6-9-15/h4-6,8-9,13-14,17,19H,3,7,10-12H2,1-2H3. The molecule has 0 amide bonds. The van der Waals surface area contributed by atoms with Gasteiger partial charge in [-0.2, -0.15) is 0 Å². The summed E-state index contributed by atoms with van der Waals surface area (Å²) in [4.78, 5) is 1.38. The van der Waals surface area contributed by atoms with E-state index in [9.17, 15) is 0 Å². The Labute approximate surface area is 132 Å². The first-order valence-electron chi connectivity index (χ1n) is 7.73. The summed E-state index contributed by atoms with van der Waals surface area (Å²) >= 11 is 1.79. The van der Waals surface area contributed by atoms with Crippen molar-refractivity contribution in [1.29, 1.82) is 0 Å². The molecule has 0 aliphatic heterocycles. The third kappa shape index (κ3) is 5.18. The van der Waals surface area contributed by atoms with Crippen molar-refractivity contribution in [3.63, 3.8) is 0 Å². The van der Waals surface area contributed by atoms with Gasteiger partial charge in [0.15, 0.2) is 0 Å². The van der Waals surface area contributed by atoms with Crippen LogP contribution in [0.1, 0.15) is 42.7 Å². The summed E-state index contributed by atoms with van der Waals surface area (Å²) < 4.78 is 5.31. The Kier molecular flexibility index (Phi) is 6.77. The Hall–Kier alpha value is -1.32. The van der Waals surface area contributed by atoms with Gasteiger partial charge in [0.2, 0.25) is 0 Å². The number of ether oxygens (including phenoxy) is 1. The number of nitrogens with one attached hydrogen (secondary N) is 1. The van der Waals surface area contributed by atoms with Crippen LogP contribution in [0.3, 0.4) is 0 Å². The fourth-order valence-corrected chi connectivity index (χ4v) is 3.41. The Bertz CT molecular complexity index is 509. The van der Waals surface area contributed by atoms with Crippen LogP contribution in [0.25, 0.3) is 0 Å². The minimum atomic E-state index is 0.447. The first kappa shape index (κ1) is 16.1. The van der Waals surface area contributed by atoms with Gasteiger partial charge in [-0.1, -0.05) is 37.3 Å². The van der Waals surface area contributed by atoms with Crippen LogP contribution in [-0.2, 0) is 6.42 Å². The van der Waals surface area contributed by atoms with Gasteiger partial charge in [0.25, 0.3) is 0 Å². The van der Waals surface area contributed by atoms with Crippen molar-refractivity contribution in [2.45, 2.75) is 38.6 Å². The van der Waals surface area contributed by atoms with E-state index in [-0.39, 0.29) is 0 Å². The summed E-state index contributed by atoms with van der Waals surface area (Å²) in [6.07, 6.45) is 4.68. The Morgan fingerprint density at radius 3 is 2.71 bits per heavy atom. The van der Waals surface area contributed by atoms with Gasteiger partial charge < -0.3 is 10.1 Å². The summed E-state index contributed by atoms with van der Waals surface area (Å²) in [7, 11) is 1.73. The summed E-state index contributed by atoms with van der Waals surface area (Å²) in [6, 6.07) is 13.3. The van der Waals surface area contributed by atoms with Crippen LogP contribution in [-0.4, -0.2) is 13.7 Å². The molecule has 0 spiro atoms. The largest absolute Gasteiger partial charge is 0.496 e. The normalized spacial score (nSPS) is 12.3. The van der Waals surface area contributed by atoms with E-state index in [1.54, 1.807) is 18.4 Å². The van der Waals surface area contributed by atoms with E-state index in [0.717, 1.165) is 25.1 Å².